The first kappa shape index (κ1) is 9.98. The van der Waals surface area contributed by atoms with E-state index < -0.39 is 0 Å². The monoisotopic (exact) mass is 243 g/mol. The molecule has 13 heavy (non-hydrogen) atoms. The molecular formula is C8H10BrN3O. The molecule has 0 aromatic carbocycles. The summed E-state index contributed by atoms with van der Waals surface area (Å²) in [5.41, 5.74) is 1.03. The van der Waals surface area contributed by atoms with Gasteiger partial charge in [0.1, 0.15) is 10.4 Å². The highest BCUT2D eigenvalue weighted by molar-refractivity contribution is 9.10. The summed E-state index contributed by atoms with van der Waals surface area (Å²) in [5, 5.41) is 5.01. The summed E-state index contributed by atoms with van der Waals surface area (Å²) < 4.78 is 0.737. The lowest BCUT2D eigenvalue weighted by Crippen LogP contribution is -2.24. The van der Waals surface area contributed by atoms with Gasteiger partial charge in [0.05, 0.1) is 0 Å². The lowest BCUT2D eigenvalue weighted by Gasteiger charge is -2.04. The Labute approximate surface area is 84.9 Å². The quantitative estimate of drug-likeness (QED) is 0.741. The van der Waals surface area contributed by atoms with Crippen molar-refractivity contribution >= 4 is 27.8 Å². The molecule has 0 unspecified atom stereocenters. The third kappa shape index (κ3) is 2.69. The lowest BCUT2D eigenvalue weighted by atomic mass is 10.3. The molecule has 0 saturated carbocycles. The van der Waals surface area contributed by atoms with Crippen molar-refractivity contribution in [3.63, 3.8) is 0 Å². The number of halogens is 1. The van der Waals surface area contributed by atoms with Crippen LogP contribution in [0.3, 0.4) is 0 Å². The highest BCUT2D eigenvalue weighted by atomic mass is 79.9. The molecule has 0 aliphatic rings. The molecule has 4 nitrogen and oxygen atoms in total. The van der Waals surface area contributed by atoms with Gasteiger partial charge in [0, 0.05) is 7.05 Å². The van der Waals surface area contributed by atoms with Crippen molar-refractivity contribution in [1.29, 1.82) is 0 Å². The van der Waals surface area contributed by atoms with E-state index in [1.165, 1.54) is 0 Å². The molecule has 2 amide bonds. The smallest absolute Gasteiger partial charge is 0.320 e. The number of hydrogen-bond donors (Lipinski definition) is 2. The fraction of sp³-hybridized carbons (Fsp3) is 0.250. The number of carbonyl (C=O) groups is 1. The van der Waals surface area contributed by atoms with Crippen LogP contribution in [0.1, 0.15) is 5.56 Å². The standard InChI is InChI=1S/C8H10BrN3O/c1-5-3-4-6(11-7(5)9)12-8(13)10-2/h3-4H,1-2H3,(H2,10,11,12,13). The number of nitrogens with one attached hydrogen (secondary N) is 2. The van der Waals surface area contributed by atoms with Crippen molar-refractivity contribution in [2.75, 3.05) is 12.4 Å². The maximum absolute atomic E-state index is 10.9. The fourth-order valence-electron chi connectivity index (χ4n) is 0.752. The van der Waals surface area contributed by atoms with Gasteiger partial charge in [-0.15, -0.1) is 0 Å². The number of pyridine rings is 1. The minimum atomic E-state index is -0.275. The van der Waals surface area contributed by atoms with Crippen LogP contribution < -0.4 is 10.6 Å². The third-order valence-corrected chi connectivity index (χ3v) is 2.31. The van der Waals surface area contributed by atoms with Gasteiger partial charge in [0.25, 0.3) is 0 Å². The zero-order valence-corrected chi connectivity index (χ0v) is 8.97. The van der Waals surface area contributed by atoms with Crippen molar-refractivity contribution in [3.05, 3.63) is 22.3 Å². The van der Waals surface area contributed by atoms with Gasteiger partial charge in [-0.3, -0.25) is 5.32 Å². The normalized spacial score (nSPS) is 9.46. The van der Waals surface area contributed by atoms with Crippen molar-refractivity contribution in [1.82, 2.24) is 10.3 Å². The van der Waals surface area contributed by atoms with Gasteiger partial charge >= 0.3 is 6.03 Å². The number of hydrogen-bond acceptors (Lipinski definition) is 2. The Balaban J connectivity index is 2.79. The van der Waals surface area contributed by atoms with E-state index in [0.717, 1.165) is 10.2 Å². The van der Waals surface area contributed by atoms with Crippen LogP contribution in [0.2, 0.25) is 0 Å². The van der Waals surface area contributed by atoms with Crippen LogP contribution in [-0.2, 0) is 0 Å². The largest absolute Gasteiger partial charge is 0.341 e. The SMILES string of the molecule is CNC(=O)Nc1ccc(C)c(Br)n1. The van der Waals surface area contributed by atoms with Gasteiger partial charge in [-0.25, -0.2) is 9.78 Å². The summed E-state index contributed by atoms with van der Waals surface area (Å²) in [6.07, 6.45) is 0. The predicted molar refractivity (Wildman–Crippen MR) is 54.8 cm³/mol. The number of carbonyl (C=O) groups excluding carboxylic acids is 1. The molecule has 0 aliphatic carbocycles. The molecule has 0 fully saturated rings. The lowest BCUT2D eigenvalue weighted by molar-refractivity contribution is 0.254. The second kappa shape index (κ2) is 4.23. The topological polar surface area (TPSA) is 54.0 Å². The average molecular weight is 244 g/mol. The van der Waals surface area contributed by atoms with Crippen molar-refractivity contribution in [2.24, 2.45) is 0 Å². The third-order valence-electron chi connectivity index (χ3n) is 1.50. The van der Waals surface area contributed by atoms with Crippen molar-refractivity contribution in [2.45, 2.75) is 6.92 Å². The Morgan fingerprint density at radius 1 is 1.54 bits per heavy atom. The van der Waals surface area contributed by atoms with Crippen LogP contribution in [0.25, 0.3) is 0 Å². The maximum Gasteiger partial charge on any atom is 0.320 e. The summed E-state index contributed by atoms with van der Waals surface area (Å²) in [4.78, 5) is 15.0. The van der Waals surface area contributed by atoms with E-state index in [0.29, 0.717) is 5.82 Å². The molecule has 0 atom stereocenters. The van der Waals surface area contributed by atoms with Gasteiger partial charge in [-0.2, -0.15) is 0 Å². The van der Waals surface area contributed by atoms with Crippen LogP contribution in [-0.4, -0.2) is 18.1 Å². The molecule has 1 heterocycles. The first-order chi connectivity index (χ1) is 6.13. The molecule has 0 aliphatic heterocycles. The van der Waals surface area contributed by atoms with E-state index in [4.69, 9.17) is 0 Å². The van der Waals surface area contributed by atoms with E-state index in [1.54, 1.807) is 13.1 Å². The Morgan fingerprint density at radius 3 is 2.77 bits per heavy atom. The first-order valence-corrected chi connectivity index (χ1v) is 4.54. The predicted octanol–water partition coefficient (Wildman–Crippen LogP) is 1.90. The summed E-state index contributed by atoms with van der Waals surface area (Å²) >= 11 is 3.28. The zero-order chi connectivity index (χ0) is 9.84. The number of amides is 2. The highest BCUT2D eigenvalue weighted by Gasteiger charge is 2.01. The van der Waals surface area contributed by atoms with E-state index in [2.05, 4.69) is 31.5 Å². The summed E-state index contributed by atoms with van der Waals surface area (Å²) in [7, 11) is 1.55. The molecule has 0 spiro atoms. The Hall–Kier alpha value is -1.10. The number of anilines is 1. The van der Waals surface area contributed by atoms with Crippen LogP contribution in [0.4, 0.5) is 10.6 Å². The minimum absolute atomic E-state index is 0.275. The van der Waals surface area contributed by atoms with Crippen molar-refractivity contribution < 1.29 is 4.79 Å². The molecule has 0 saturated heterocycles. The van der Waals surface area contributed by atoms with E-state index in [-0.39, 0.29) is 6.03 Å². The van der Waals surface area contributed by atoms with E-state index in [9.17, 15) is 4.79 Å². The second-order valence-electron chi connectivity index (χ2n) is 2.51. The number of rotatable bonds is 1. The van der Waals surface area contributed by atoms with Gasteiger partial charge in [-0.05, 0) is 34.5 Å². The van der Waals surface area contributed by atoms with Gasteiger partial charge in [0.2, 0.25) is 0 Å². The highest BCUT2D eigenvalue weighted by Crippen LogP contribution is 2.15. The molecule has 0 bridgehead atoms. The number of aromatic nitrogens is 1. The van der Waals surface area contributed by atoms with Crippen LogP contribution in [0, 0.1) is 6.92 Å². The molecule has 1 rings (SSSR count). The fourth-order valence-corrected chi connectivity index (χ4v) is 1.08. The van der Waals surface area contributed by atoms with Gasteiger partial charge in [-0.1, -0.05) is 6.07 Å². The Morgan fingerprint density at radius 2 is 2.23 bits per heavy atom. The molecule has 70 valence electrons. The van der Waals surface area contributed by atoms with Crippen LogP contribution in [0.15, 0.2) is 16.7 Å². The van der Waals surface area contributed by atoms with Crippen LogP contribution >= 0.6 is 15.9 Å². The molecule has 5 heteroatoms. The summed E-state index contributed by atoms with van der Waals surface area (Å²) in [5.74, 6) is 0.525. The van der Waals surface area contributed by atoms with E-state index >= 15 is 0 Å². The summed E-state index contributed by atoms with van der Waals surface area (Å²) in [6.45, 7) is 1.93. The van der Waals surface area contributed by atoms with Crippen molar-refractivity contribution in [3.8, 4) is 0 Å². The molecular weight excluding hydrogens is 234 g/mol. The average Bonchev–Trinajstić information content (AvgIpc) is 2.11. The molecule has 1 aromatic heterocycles. The Kier molecular flexibility index (Phi) is 3.25. The molecule has 1 aromatic rings. The molecule has 2 N–H and O–H groups in total. The maximum atomic E-state index is 10.9. The van der Waals surface area contributed by atoms with Gasteiger partial charge < -0.3 is 5.32 Å². The Bertz CT molecular complexity index is 327. The number of aryl methyl sites for hydroxylation is 1. The first-order valence-electron chi connectivity index (χ1n) is 3.75. The zero-order valence-electron chi connectivity index (χ0n) is 7.39. The van der Waals surface area contributed by atoms with E-state index in [1.807, 2.05) is 13.0 Å². The second-order valence-corrected chi connectivity index (χ2v) is 3.26. The van der Waals surface area contributed by atoms with Gasteiger partial charge in [0.15, 0.2) is 0 Å². The van der Waals surface area contributed by atoms with Crippen LogP contribution in [0.5, 0.6) is 0 Å². The molecule has 0 radical (unpaired) electrons. The summed E-state index contributed by atoms with van der Waals surface area (Å²) in [6, 6.07) is 3.35. The number of nitrogens with zero attached hydrogens (tertiary/aromatic N) is 1. The number of urea groups is 1. The minimum Gasteiger partial charge on any atom is -0.341 e.